The van der Waals surface area contributed by atoms with Gasteiger partial charge < -0.3 is 10.4 Å². The number of carbonyl (C=O) groups excluding carboxylic acids is 1. The molecule has 0 saturated heterocycles. The van der Waals surface area contributed by atoms with E-state index in [1.807, 2.05) is 18.2 Å². The van der Waals surface area contributed by atoms with Gasteiger partial charge in [-0.25, -0.2) is 4.79 Å². The molecule has 22 heavy (non-hydrogen) atoms. The fourth-order valence-electron chi connectivity index (χ4n) is 2.48. The van der Waals surface area contributed by atoms with Crippen molar-refractivity contribution >= 4 is 25.9 Å². The van der Waals surface area contributed by atoms with Crippen LogP contribution in [0.2, 0.25) is 13.1 Å². The number of carboxylic acids is 1. The highest BCUT2D eigenvalue weighted by atomic mass is 28.3. The summed E-state index contributed by atoms with van der Waals surface area (Å²) >= 11 is 0. The summed E-state index contributed by atoms with van der Waals surface area (Å²) < 4.78 is 0. The van der Waals surface area contributed by atoms with Crippen molar-refractivity contribution in [3.8, 4) is 0 Å². The van der Waals surface area contributed by atoms with E-state index in [9.17, 15) is 14.7 Å². The fourth-order valence-corrected chi connectivity index (χ4v) is 3.77. The topological polar surface area (TPSA) is 66.4 Å². The molecule has 1 amide bonds. The molecule has 119 valence electrons. The van der Waals surface area contributed by atoms with E-state index in [1.165, 1.54) is 17.7 Å². The number of carbonyl (C=O) groups is 2. The molecule has 1 atom stereocenters. The van der Waals surface area contributed by atoms with Gasteiger partial charge in [0.15, 0.2) is 0 Å². The fraction of sp³-hybridized carbons (Fsp3) is 0.412. The summed E-state index contributed by atoms with van der Waals surface area (Å²) in [5.74, 6) is -1.36. The normalized spacial score (nSPS) is 13.5. The minimum absolute atomic E-state index is 0.279. The first-order chi connectivity index (χ1) is 10.2. The molecule has 1 aromatic rings. The van der Waals surface area contributed by atoms with Gasteiger partial charge in [0, 0.05) is 13.3 Å². The number of aliphatic carboxylic acids is 1. The third-order valence-corrected chi connectivity index (χ3v) is 5.10. The van der Waals surface area contributed by atoms with Crippen LogP contribution >= 0.6 is 0 Å². The first-order valence-corrected chi connectivity index (χ1v) is 9.75. The smallest absolute Gasteiger partial charge is 0.329 e. The Morgan fingerprint density at radius 1 is 1.41 bits per heavy atom. The molecule has 1 aromatic carbocycles. The largest absolute Gasteiger partial charge is 0.480 e. The minimum Gasteiger partial charge on any atom is -0.480 e. The molecule has 0 unspecified atom stereocenters. The molecule has 0 saturated carbocycles. The summed E-state index contributed by atoms with van der Waals surface area (Å²) in [4.78, 5) is 22.9. The van der Waals surface area contributed by atoms with Gasteiger partial charge in [-0.3, -0.25) is 4.79 Å². The van der Waals surface area contributed by atoms with Crippen LogP contribution in [0.3, 0.4) is 0 Å². The third-order valence-electron chi connectivity index (χ3n) is 3.56. The van der Waals surface area contributed by atoms with Crippen molar-refractivity contribution in [3.05, 3.63) is 42.0 Å². The first-order valence-electron chi connectivity index (χ1n) is 7.25. The van der Waals surface area contributed by atoms with Crippen LogP contribution in [-0.4, -0.2) is 31.3 Å². The van der Waals surface area contributed by atoms with Gasteiger partial charge in [-0.15, -0.1) is 6.58 Å². The van der Waals surface area contributed by atoms with E-state index in [0.29, 0.717) is 0 Å². The average Bonchev–Trinajstić information content (AvgIpc) is 2.39. The van der Waals surface area contributed by atoms with Gasteiger partial charge in [0.1, 0.15) is 5.54 Å². The predicted molar refractivity (Wildman–Crippen MR) is 91.0 cm³/mol. The SMILES string of the molecule is C=CCc1ccc(C[C@](C)(NC(C)=O)C(=O)O)c([Si](C)C)c1. The molecule has 4 nitrogen and oxygen atoms in total. The van der Waals surface area contributed by atoms with E-state index >= 15 is 0 Å². The second kappa shape index (κ2) is 7.40. The number of rotatable bonds is 7. The molecule has 0 aromatic heterocycles. The Kier molecular flexibility index (Phi) is 6.11. The van der Waals surface area contributed by atoms with Crippen molar-refractivity contribution in [2.24, 2.45) is 0 Å². The highest BCUT2D eigenvalue weighted by Gasteiger charge is 2.35. The van der Waals surface area contributed by atoms with Crippen molar-refractivity contribution in [1.29, 1.82) is 0 Å². The lowest BCUT2D eigenvalue weighted by Crippen LogP contribution is -2.54. The van der Waals surface area contributed by atoms with Gasteiger partial charge in [0.05, 0.1) is 8.80 Å². The van der Waals surface area contributed by atoms with Crippen molar-refractivity contribution < 1.29 is 14.7 Å². The van der Waals surface area contributed by atoms with Crippen LogP contribution in [0.25, 0.3) is 0 Å². The highest BCUT2D eigenvalue weighted by molar-refractivity contribution is 6.71. The van der Waals surface area contributed by atoms with Gasteiger partial charge in [0.25, 0.3) is 0 Å². The third kappa shape index (κ3) is 4.56. The Bertz CT molecular complexity index is 583. The zero-order valence-corrected chi connectivity index (χ0v) is 14.7. The van der Waals surface area contributed by atoms with Gasteiger partial charge >= 0.3 is 5.97 Å². The van der Waals surface area contributed by atoms with E-state index in [1.54, 1.807) is 6.92 Å². The number of nitrogens with one attached hydrogen (secondary N) is 1. The highest BCUT2D eigenvalue weighted by Crippen LogP contribution is 2.15. The van der Waals surface area contributed by atoms with Crippen molar-refractivity contribution in [3.63, 3.8) is 0 Å². The van der Waals surface area contributed by atoms with Gasteiger partial charge in [-0.1, -0.05) is 42.6 Å². The summed E-state index contributed by atoms with van der Waals surface area (Å²) in [7, 11) is -0.747. The summed E-state index contributed by atoms with van der Waals surface area (Å²) in [6.45, 7) is 11.0. The van der Waals surface area contributed by atoms with Gasteiger partial charge in [-0.2, -0.15) is 0 Å². The summed E-state index contributed by atoms with van der Waals surface area (Å²) in [5, 5.41) is 13.3. The quantitative estimate of drug-likeness (QED) is 0.596. The maximum absolute atomic E-state index is 11.6. The molecule has 1 rings (SSSR count). The molecular formula is C17H24NO3Si. The van der Waals surface area contributed by atoms with Crippen LogP contribution in [0.1, 0.15) is 25.0 Å². The predicted octanol–water partition coefficient (Wildman–Crippen LogP) is 1.90. The number of allylic oxidation sites excluding steroid dienone is 1. The number of amides is 1. The molecule has 0 fully saturated rings. The van der Waals surface area contributed by atoms with Crippen LogP contribution < -0.4 is 10.5 Å². The monoisotopic (exact) mass is 318 g/mol. The molecule has 0 aliphatic carbocycles. The molecule has 0 bridgehead atoms. The van der Waals surface area contributed by atoms with E-state index in [0.717, 1.165) is 12.0 Å². The van der Waals surface area contributed by atoms with E-state index in [-0.39, 0.29) is 12.3 Å². The molecule has 0 aliphatic rings. The Labute approximate surface area is 133 Å². The molecule has 0 heterocycles. The van der Waals surface area contributed by atoms with Crippen LogP contribution in [-0.2, 0) is 22.4 Å². The maximum Gasteiger partial charge on any atom is 0.329 e. The zero-order valence-electron chi connectivity index (χ0n) is 13.7. The van der Waals surface area contributed by atoms with Crippen molar-refractivity contribution in [2.45, 2.75) is 45.3 Å². The average molecular weight is 318 g/mol. The molecule has 0 spiro atoms. The lowest BCUT2D eigenvalue weighted by atomic mass is 9.92. The van der Waals surface area contributed by atoms with Gasteiger partial charge in [0.2, 0.25) is 5.91 Å². The van der Waals surface area contributed by atoms with Gasteiger partial charge in [-0.05, 0) is 24.5 Å². The molecule has 0 aliphatic heterocycles. The number of hydrogen-bond donors (Lipinski definition) is 2. The summed E-state index contributed by atoms with van der Waals surface area (Å²) in [6, 6.07) is 6.12. The molecule has 5 heteroatoms. The number of benzene rings is 1. The minimum atomic E-state index is -1.29. The van der Waals surface area contributed by atoms with Crippen LogP contribution in [0, 0.1) is 0 Å². The van der Waals surface area contributed by atoms with E-state index in [2.05, 4.69) is 31.1 Å². The van der Waals surface area contributed by atoms with E-state index < -0.39 is 20.3 Å². The summed E-state index contributed by atoms with van der Waals surface area (Å²) in [5.41, 5.74) is 0.875. The number of hydrogen-bond acceptors (Lipinski definition) is 2. The van der Waals surface area contributed by atoms with Crippen LogP contribution in [0.15, 0.2) is 30.9 Å². The van der Waals surface area contributed by atoms with Crippen molar-refractivity contribution in [1.82, 2.24) is 5.32 Å². The summed E-state index contributed by atoms with van der Waals surface area (Å²) in [6.07, 6.45) is 2.93. The zero-order chi connectivity index (χ0) is 16.9. The standard InChI is InChI=1S/C17H24NO3Si/c1-6-7-13-8-9-14(15(10-13)22(4)5)11-17(3,16(20)21)18-12(2)19/h6,8-10H,1,7,11H2,2-5H3,(H,18,19)(H,20,21)/t17-/m0/s1. The second-order valence-electron chi connectivity index (χ2n) is 5.98. The maximum atomic E-state index is 11.6. The van der Waals surface area contributed by atoms with E-state index in [4.69, 9.17) is 0 Å². The van der Waals surface area contributed by atoms with Crippen LogP contribution in [0.5, 0.6) is 0 Å². The Morgan fingerprint density at radius 2 is 2.05 bits per heavy atom. The van der Waals surface area contributed by atoms with Crippen molar-refractivity contribution in [2.75, 3.05) is 0 Å². The Hall–Kier alpha value is -1.88. The Morgan fingerprint density at radius 3 is 2.50 bits per heavy atom. The number of carboxylic acid groups (broad SMARTS) is 1. The van der Waals surface area contributed by atoms with Crippen LogP contribution in [0.4, 0.5) is 0 Å². The lowest BCUT2D eigenvalue weighted by molar-refractivity contribution is -0.146. The second-order valence-corrected chi connectivity index (χ2v) is 8.52. The molecule has 2 N–H and O–H groups in total. The Balaban J connectivity index is 3.21. The first kappa shape index (κ1) is 18.2. The lowest BCUT2D eigenvalue weighted by Gasteiger charge is -2.27. The molecular weight excluding hydrogens is 294 g/mol. The molecule has 1 radical (unpaired) electrons.